The van der Waals surface area contributed by atoms with E-state index in [-0.39, 0.29) is 29.8 Å². The van der Waals surface area contributed by atoms with Crippen molar-refractivity contribution in [2.45, 2.75) is 25.9 Å². The molecule has 1 aliphatic heterocycles. The van der Waals surface area contributed by atoms with Crippen molar-refractivity contribution in [1.82, 2.24) is 19.7 Å². The second-order valence-electron chi connectivity index (χ2n) is 7.38. The van der Waals surface area contributed by atoms with E-state index in [0.717, 1.165) is 5.56 Å². The Hall–Kier alpha value is -2.34. The Morgan fingerprint density at radius 1 is 1.35 bits per heavy atom. The lowest BCUT2D eigenvalue weighted by atomic mass is 10.0. The minimum absolute atomic E-state index is 0.00576. The van der Waals surface area contributed by atoms with E-state index in [9.17, 15) is 9.59 Å². The van der Waals surface area contributed by atoms with Crippen molar-refractivity contribution >= 4 is 17.9 Å². The Morgan fingerprint density at radius 2 is 2.08 bits per heavy atom. The van der Waals surface area contributed by atoms with Crippen LogP contribution in [0.1, 0.15) is 19.4 Å². The van der Waals surface area contributed by atoms with Crippen LogP contribution < -0.4 is 5.32 Å². The van der Waals surface area contributed by atoms with Crippen molar-refractivity contribution < 1.29 is 9.59 Å². The van der Waals surface area contributed by atoms with E-state index in [2.05, 4.69) is 5.32 Å². The largest absolute Gasteiger partial charge is 0.357 e. The average Bonchev–Trinajstić information content (AvgIpc) is 2.97. The molecule has 0 radical (unpaired) electrons. The molecule has 2 unspecified atom stereocenters. The van der Waals surface area contributed by atoms with Gasteiger partial charge in [0.2, 0.25) is 11.8 Å². The van der Waals surface area contributed by atoms with E-state index in [0.29, 0.717) is 13.1 Å². The summed E-state index contributed by atoms with van der Waals surface area (Å²) >= 11 is 0. The number of aryl methyl sites for hydroxylation is 1. The van der Waals surface area contributed by atoms with Crippen molar-refractivity contribution in [3.8, 4) is 0 Å². The number of rotatable bonds is 6. The summed E-state index contributed by atoms with van der Waals surface area (Å²) in [5, 5.41) is 3.05. The monoisotopic (exact) mass is 358 g/mol. The average molecular weight is 358 g/mol. The Bertz CT molecular complexity index is 680. The van der Waals surface area contributed by atoms with Crippen LogP contribution in [0, 0.1) is 5.92 Å². The van der Waals surface area contributed by atoms with Gasteiger partial charge in [-0.2, -0.15) is 0 Å². The van der Waals surface area contributed by atoms with Crippen molar-refractivity contribution in [1.29, 1.82) is 0 Å². The van der Waals surface area contributed by atoms with E-state index in [1.807, 2.05) is 81.1 Å². The molecule has 2 rings (SSSR count). The van der Waals surface area contributed by atoms with Gasteiger partial charge in [-0.3, -0.25) is 14.5 Å². The van der Waals surface area contributed by atoms with Crippen molar-refractivity contribution in [2.75, 3.05) is 27.2 Å². The Kier molecular flexibility index (Phi) is 6.80. The molecule has 0 saturated heterocycles. The Morgan fingerprint density at radius 3 is 2.65 bits per heavy atom. The summed E-state index contributed by atoms with van der Waals surface area (Å²) in [4.78, 5) is 28.7. The lowest BCUT2D eigenvalue weighted by Gasteiger charge is -2.32. The lowest BCUT2D eigenvalue weighted by molar-refractivity contribution is -0.129. The predicted octanol–water partition coefficient (Wildman–Crippen LogP) is 1.51. The second kappa shape index (κ2) is 8.85. The van der Waals surface area contributed by atoms with Crippen LogP contribution >= 0.6 is 0 Å². The van der Waals surface area contributed by atoms with Crippen molar-refractivity contribution in [3.63, 3.8) is 0 Å². The molecule has 2 atom stereocenters. The minimum atomic E-state index is -0.188. The highest BCUT2D eigenvalue weighted by molar-refractivity contribution is 5.92. The van der Waals surface area contributed by atoms with Crippen LogP contribution in [0.15, 0.2) is 36.7 Å². The van der Waals surface area contributed by atoms with Gasteiger partial charge >= 0.3 is 0 Å². The molecule has 6 heteroatoms. The molecule has 1 aliphatic rings. The molecule has 6 nitrogen and oxygen atoms in total. The van der Waals surface area contributed by atoms with E-state index in [1.54, 1.807) is 11.0 Å². The first kappa shape index (κ1) is 20.0. The highest BCUT2D eigenvalue weighted by Crippen LogP contribution is 2.10. The maximum absolute atomic E-state index is 12.6. The first-order valence-electron chi connectivity index (χ1n) is 9.00. The zero-order valence-corrected chi connectivity index (χ0v) is 16.3. The molecule has 1 aromatic heterocycles. The van der Waals surface area contributed by atoms with Gasteiger partial charge in [0.1, 0.15) is 0 Å². The number of likely N-dealkylation sites (N-methyl/N-ethyl adjacent to an activating group) is 1. The molecule has 0 fully saturated rings. The molecule has 2 amide bonds. The van der Waals surface area contributed by atoms with Crippen LogP contribution in [0.2, 0.25) is 0 Å². The standard InChI is InChI=1S/C20H30N4O2/c1-15(2)19(22(3)4)20(26)21-17-7-6-11-24(14-17)18(25)9-8-16-10-12-23(5)13-16/h6-10,12-13,15,17,19H,11,14H2,1-5H3,(H,21,26)/b9-8+. The number of hydrogen-bond donors (Lipinski definition) is 1. The number of nitrogens with one attached hydrogen (secondary N) is 1. The number of carbonyl (C=O) groups is 2. The molecule has 142 valence electrons. The third kappa shape index (κ3) is 5.33. The second-order valence-corrected chi connectivity index (χ2v) is 7.38. The number of aromatic nitrogens is 1. The van der Waals surface area contributed by atoms with E-state index in [4.69, 9.17) is 0 Å². The highest BCUT2D eigenvalue weighted by Gasteiger charge is 2.27. The first-order chi connectivity index (χ1) is 12.3. The fourth-order valence-corrected chi connectivity index (χ4v) is 3.30. The number of carbonyl (C=O) groups excluding carboxylic acids is 2. The summed E-state index contributed by atoms with van der Waals surface area (Å²) in [6.07, 6.45) is 11.2. The number of hydrogen-bond acceptors (Lipinski definition) is 3. The molecular formula is C20H30N4O2. The predicted molar refractivity (Wildman–Crippen MR) is 104 cm³/mol. The molecule has 0 aromatic carbocycles. The number of nitrogens with zero attached hydrogens (tertiary/aromatic N) is 3. The van der Waals surface area contributed by atoms with Gasteiger partial charge in [0, 0.05) is 38.6 Å². The van der Waals surface area contributed by atoms with E-state index >= 15 is 0 Å². The zero-order valence-electron chi connectivity index (χ0n) is 16.3. The Labute approximate surface area is 156 Å². The smallest absolute Gasteiger partial charge is 0.246 e. The zero-order chi connectivity index (χ0) is 19.3. The van der Waals surface area contributed by atoms with E-state index < -0.39 is 0 Å². The molecule has 0 spiro atoms. The molecule has 2 heterocycles. The van der Waals surface area contributed by atoms with Crippen LogP contribution in [-0.2, 0) is 16.6 Å². The summed E-state index contributed by atoms with van der Waals surface area (Å²) in [7, 11) is 5.76. The van der Waals surface area contributed by atoms with Crippen LogP contribution in [0.4, 0.5) is 0 Å². The highest BCUT2D eigenvalue weighted by atomic mass is 16.2. The first-order valence-corrected chi connectivity index (χ1v) is 9.00. The van der Waals surface area contributed by atoms with Gasteiger partial charge in [0.25, 0.3) is 0 Å². The fourth-order valence-electron chi connectivity index (χ4n) is 3.30. The molecular weight excluding hydrogens is 328 g/mol. The van der Waals surface area contributed by atoms with Gasteiger partial charge < -0.3 is 14.8 Å². The van der Waals surface area contributed by atoms with E-state index in [1.165, 1.54) is 0 Å². The summed E-state index contributed by atoms with van der Waals surface area (Å²) in [6, 6.07) is 1.61. The summed E-state index contributed by atoms with van der Waals surface area (Å²) < 4.78 is 1.94. The van der Waals surface area contributed by atoms with Crippen LogP contribution in [0.25, 0.3) is 6.08 Å². The maximum Gasteiger partial charge on any atom is 0.246 e. The van der Waals surface area contributed by atoms with Gasteiger partial charge in [0.15, 0.2) is 0 Å². The van der Waals surface area contributed by atoms with Gasteiger partial charge in [-0.15, -0.1) is 0 Å². The summed E-state index contributed by atoms with van der Waals surface area (Å²) in [6.45, 7) is 5.11. The molecule has 26 heavy (non-hydrogen) atoms. The summed E-state index contributed by atoms with van der Waals surface area (Å²) in [5.74, 6) is 0.156. The lowest BCUT2D eigenvalue weighted by Crippen LogP contribution is -2.53. The van der Waals surface area contributed by atoms with Gasteiger partial charge in [-0.05, 0) is 37.7 Å². The van der Waals surface area contributed by atoms with Crippen molar-refractivity contribution in [3.05, 3.63) is 42.3 Å². The fraction of sp³-hybridized carbons (Fsp3) is 0.500. The normalized spacial score (nSPS) is 18.7. The Balaban J connectivity index is 1.95. The van der Waals surface area contributed by atoms with Crippen molar-refractivity contribution in [2.24, 2.45) is 13.0 Å². The molecule has 0 saturated carbocycles. The van der Waals surface area contributed by atoms with Crippen LogP contribution in [0.5, 0.6) is 0 Å². The molecule has 0 bridgehead atoms. The van der Waals surface area contributed by atoms with Gasteiger partial charge in [-0.1, -0.05) is 26.0 Å². The molecule has 1 aromatic rings. The van der Waals surface area contributed by atoms with Gasteiger partial charge in [0.05, 0.1) is 12.1 Å². The SMILES string of the molecule is CC(C)C(C(=O)NC1C=CCN(C(=O)/C=C/c2ccn(C)c2)C1)N(C)C. The minimum Gasteiger partial charge on any atom is -0.357 e. The molecule has 0 aliphatic carbocycles. The number of amides is 2. The third-order valence-electron chi connectivity index (χ3n) is 4.48. The maximum atomic E-state index is 12.6. The van der Waals surface area contributed by atoms with Gasteiger partial charge in [-0.25, -0.2) is 0 Å². The van der Waals surface area contributed by atoms with Crippen LogP contribution in [0.3, 0.4) is 0 Å². The third-order valence-corrected chi connectivity index (χ3v) is 4.48. The quantitative estimate of drug-likeness (QED) is 0.619. The molecule has 1 N–H and O–H groups in total. The summed E-state index contributed by atoms with van der Waals surface area (Å²) in [5.41, 5.74) is 0.990. The van der Waals surface area contributed by atoms with Crippen LogP contribution in [-0.4, -0.2) is 65.4 Å². The topological polar surface area (TPSA) is 57.6 Å².